The summed E-state index contributed by atoms with van der Waals surface area (Å²) in [4.78, 5) is 13.5. The lowest BCUT2D eigenvalue weighted by molar-refractivity contribution is -0.116. The highest BCUT2D eigenvalue weighted by molar-refractivity contribution is 7.80. The zero-order valence-electron chi connectivity index (χ0n) is 11.8. The number of carbonyl (C=O) groups excluding carboxylic acids is 1. The van der Waals surface area contributed by atoms with Crippen LogP contribution in [0.3, 0.4) is 0 Å². The van der Waals surface area contributed by atoms with Crippen LogP contribution in [0.25, 0.3) is 0 Å². The monoisotopic (exact) mass is 315 g/mol. The SMILES string of the molecule is CN(CCCC(=O)Nc1ccccc1C(N)=S)CC(F)F. The minimum atomic E-state index is -2.36. The van der Waals surface area contributed by atoms with Gasteiger partial charge in [0.05, 0.1) is 12.2 Å². The number of rotatable bonds is 8. The van der Waals surface area contributed by atoms with Gasteiger partial charge in [-0.3, -0.25) is 4.79 Å². The summed E-state index contributed by atoms with van der Waals surface area (Å²) in [7, 11) is 1.60. The van der Waals surface area contributed by atoms with Crippen LogP contribution < -0.4 is 11.1 Å². The molecule has 4 nitrogen and oxygen atoms in total. The summed E-state index contributed by atoms with van der Waals surface area (Å²) in [5.41, 5.74) is 6.75. The molecule has 0 radical (unpaired) electrons. The first-order valence-corrected chi connectivity index (χ1v) is 6.96. The highest BCUT2D eigenvalue weighted by Crippen LogP contribution is 2.15. The molecule has 3 N–H and O–H groups in total. The fourth-order valence-electron chi connectivity index (χ4n) is 1.86. The van der Waals surface area contributed by atoms with Crippen LogP contribution in [-0.2, 0) is 4.79 Å². The summed E-state index contributed by atoms with van der Waals surface area (Å²) in [6, 6.07) is 7.00. The minimum Gasteiger partial charge on any atom is -0.389 e. The Balaban J connectivity index is 2.43. The van der Waals surface area contributed by atoms with Crippen molar-refractivity contribution in [1.82, 2.24) is 4.90 Å². The molecule has 1 aromatic rings. The smallest absolute Gasteiger partial charge is 0.251 e. The summed E-state index contributed by atoms with van der Waals surface area (Å²) in [6.45, 7) is 0.153. The van der Waals surface area contributed by atoms with Crippen molar-refractivity contribution in [3.8, 4) is 0 Å². The first-order chi connectivity index (χ1) is 9.90. The van der Waals surface area contributed by atoms with E-state index in [0.717, 1.165) is 0 Å². The molecule has 7 heteroatoms. The number of anilines is 1. The van der Waals surface area contributed by atoms with Gasteiger partial charge in [-0.25, -0.2) is 8.78 Å². The molecule has 0 aromatic heterocycles. The highest BCUT2D eigenvalue weighted by Gasteiger charge is 2.10. The molecule has 0 saturated heterocycles. The summed E-state index contributed by atoms with van der Waals surface area (Å²) >= 11 is 4.91. The fourth-order valence-corrected chi connectivity index (χ4v) is 2.03. The average Bonchev–Trinajstić information content (AvgIpc) is 2.38. The number of halogens is 2. The van der Waals surface area contributed by atoms with Crippen LogP contribution in [0, 0.1) is 0 Å². The molecular formula is C14H19F2N3OS. The van der Waals surface area contributed by atoms with E-state index in [1.165, 1.54) is 4.90 Å². The zero-order chi connectivity index (χ0) is 15.8. The molecule has 0 heterocycles. The van der Waals surface area contributed by atoms with E-state index in [4.69, 9.17) is 18.0 Å². The Morgan fingerprint density at radius 1 is 1.43 bits per heavy atom. The van der Waals surface area contributed by atoms with Crippen LogP contribution >= 0.6 is 12.2 Å². The van der Waals surface area contributed by atoms with E-state index in [1.807, 2.05) is 0 Å². The third-order valence-electron chi connectivity index (χ3n) is 2.86. The average molecular weight is 315 g/mol. The summed E-state index contributed by atoms with van der Waals surface area (Å²) < 4.78 is 24.3. The van der Waals surface area contributed by atoms with Crippen molar-refractivity contribution in [1.29, 1.82) is 0 Å². The maximum atomic E-state index is 12.1. The van der Waals surface area contributed by atoms with Crippen LogP contribution in [0.5, 0.6) is 0 Å². The molecule has 0 bridgehead atoms. The van der Waals surface area contributed by atoms with Gasteiger partial charge in [-0.15, -0.1) is 0 Å². The summed E-state index contributed by atoms with van der Waals surface area (Å²) in [6.07, 6.45) is -1.61. The van der Waals surface area contributed by atoms with E-state index >= 15 is 0 Å². The quantitative estimate of drug-likeness (QED) is 0.722. The van der Waals surface area contributed by atoms with Gasteiger partial charge in [0.1, 0.15) is 4.99 Å². The molecule has 1 rings (SSSR count). The lowest BCUT2D eigenvalue weighted by Gasteiger charge is -2.15. The van der Waals surface area contributed by atoms with Crippen molar-refractivity contribution in [2.75, 3.05) is 25.5 Å². The number of hydrogen-bond acceptors (Lipinski definition) is 3. The molecule has 0 saturated carbocycles. The van der Waals surface area contributed by atoms with Gasteiger partial charge in [0, 0.05) is 12.0 Å². The first kappa shape index (κ1) is 17.5. The molecule has 0 aliphatic rings. The van der Waals surface area contributed by atoms with Crippen molar-refractivity contribution in [3.63, 3.8) is 0 Å². The van der Waals surface area contributed by atoms with E-state index in [9.17, 15) is 13.6 Å². The summed E-state index contributed by atoms with van der Waals surface area (Å²) in [5, 5.41) is 2.73. The van der Waals surface area contributed by atoms with E-state index in [0.29, 0.717) is 24.2 Å². The third kappa shape index (κ3) is 6.59. The molecule has 0 aliphatic carbocycles. The van der Waals surface area contributed by atoms with E-state index in [2.05, 4.69) is 5.32 Å². The van der Waals surface area contributed by atoms with Crippen molar-refractivity contribution >= 4 is 28.8 Å². The lowest BCUT2D eigenvalue weighted by Crippen LogP contribution is -2.26. The van der Waals surface area contributed by atoms with Crippen LogP contribution in [0.2, 0.25) is 0 Å². The lowest BCUT2D eigenvalue weighted by atomic mass is 10.1. The van der Waals surface area contributed by atoms with Gasteiger partial charge in [-0.05, 0) is 32.1 Å². The van der Waals surface area contributed by atoms with Gasteiger partial charge in [0.2, 0.25) is 5.91 Å². The van der Waals surface area contributed by atoms with Gasteiger partial charge in [-0.1, -0.05) is 24.4 Å². The second-order valence-electron chi connectivity index (χ2n) is 4.71. The van der Waals surface area contributed by atoms with E-state index in [1.54, 1.807) is 31.3 Å². The van der Waals surface area contributed by atoms with Gasteiger partial charge < -0.3 is 16.0 Å². The highest BCUT2D eigenvalue weighted by atomic mass is 32.1. The van der Waals surface area contributed by atoms with Crippen molar-refractivity contribution in [3.05, 3.63) is 29.8 Å². The molecule has 0 fully saturated rings. The Kier molecular flexibility index (Phi) is 7.18. The number of alkyl halides is 2. The van der Waals surface area contributed by atoms with Crippen molar-refractivity contribution in [2.24, 2.45) is 5.73 Å². The molecular weight excluding hydrogens is 296 g/mol. The second kappa shape index (κ2) is 8.63. The van der Waals surface area contributed by atoms with Crippen LogP contribution in [-0.4, -0.2) is 42.4 Å². The Morgan fingerprint density at radius 2 is 2.10 bits per heavy atom. The Hall–Kier alpha value is -1.60. The number of hydrogen-bond donors (Lipinski definition) is 2. The van der Waals surface area contributed by atoms with Crippen LogP contribution in [0.1, 0.15) is 18.4 Å². The number of nitrogens with zero attached hydrogens (tertiary/aromatic N) is 1. The normalized spacial score (nSPS) is 10.9. The van der Waals surface area contributed by atoms with E-state index in [-0.39, 0.29) is 23.9 Å². The van der Waals surface area contributed by atoms with Crippen molar-refractivity contribution in [2.45, 2.75) is 19.3 Å². The first-order valence-electron chi connectivity index (χ1n) is 6.55. The molecule has 116 valence electrons. The topological polar surface area (TPSA) is 58.4 Å². The molecule has 0 unspecified atom stereocenters. The number of benzene rings is 1. The molecule has 0 aliphatic heterocycles. The molecule has 0 atom stereocenters. The Bertz CT molecular complexity index is 497. The zero-order valence-corrected chi connectivity index (χ0v) is 12.6. The van der Waals surface area contributed by atoms with Crippen LogP contribution in [0.15, 0.2) is 24.3 Å². The van der Waals surface area contributed by atoms with Gasteiger partial charge in [0.15, 0.2) is 0 Å². The van der Waals surface area contributed by atoms with Gasteiger partial charge >= 0.3 is 0 Å². The number of amides is 1. The summed E-state index contributed by atoms with van der Waals surface area (Å²) in [5.74, 6) is -0.191. The maximum absolute atomic E-state index is 12.1. The molecule has 21 heavy (non-hydrogen) atoms. The Morgan fingerprint density at radius 3 is 2.71 bits per heavy atom. The van der Waals surface area contributed by atoms with E-state index < -0.39 is 6.43 Å². The molecule has 1 amide bonds. The van der Waals surface area contributed by atoms with Crippen molar-refractivity contribution < 1.29 is 13.6 Å². The molecule has 0 spiro atoms. The largest absolute Gasteiger partial charge is 0.389 e. The van der Waals surface area contributed by atoms with Gasteiger partial charge in [-0.2, -0.15) is 0 Å². The Labute approximate surface area is 128 Å². The number of nitrogens with two attached hydrogens (primary N) is 1. The fraction of sp³-hybridized carbons (Fsp3) is 0.429. The maximum Gasteiger partial charge on any atom is 0.251 e. The van der Waals surface area contributed by atoms with Crippen LogP contribution in [0.4, 0.5) is 14.5 Å². The molecule has 1 aromatic carbocycles. The standard InChI is InChI=1S/C14H19F2N3OS/c1-19(9-12(15)16)8-4-7-13(20)18-11-6-3-2-5-10(11)14(17)21/h2-3,5-6,12H,4,7-9H2,1H3,(H2,17,21)(H,18,20). The van der Waals surface area contributed by atoms with Gasteiger partial charge in [0.25, 0.3) is 6.43 Å². The number of para-hydroxylation sites is 1. The number of carbonyl (C=O) groups is 1. The number of nitrogens with one attached hydrogen (secondary N) is 1. The predicted molar refractivity (Wildman–Crippen MR) is 83.7 cm³/mol. The predicted octanol–water partition coefficient (Wildman–Crippen LogP) is 2.24. The number of thiocarbonyl (C=S) groups is 1. The second-order valence-corrected chi connectivity index (χ2v) is 5.15. The third-order valence-corrected chi connectivity index (χ3v) is 3.08. The minimum absolute atomic E-state index is 0.191.